The van der Waals surface area contributed by atoms with E-state index in [0.717, 1.165) is 30.2 Å². The van der Waals surface area contributed by atoms with Gasteiger partial charge >= 0.3 is 5.97 Å². The second-order valence-corrected chi connectivity index (χ2v) is 5.92. The van der Waals surface area contributed by atoms with E-state index < -0.39 is 5.97 Å². The number of likely N-dealkylation sites (tertiary alicyclic amines) is 1. The van der Waals surface area contributed by atoms with Crippen molar-refractivity contribution in [2.24, 2.45) is 5.73 Å². The molecule has 3 N–H and O–H groups in total. The van der Waals surface area contributed by atoms with Crippen molar-refractivity contribution in [3.63, 3.8) is 0 Å². The van der Waals surface area contributed by atoms with Gasteiger partial charge in [0.15, 0.2) is 0 Å². The summed E-state index contributed by atoms with van der Waals surface area (Å²) in [5, 5.41) is 11.7. The lowest BCUT2D eigenvalue weighted by molar-refractivity contribution is -0.137. The number of carboxylic acids is 1. The Kier molecular flexibility index (Phi) is 4.31. The highest BCUT2D eigenvalue weighted by Gasteiger charge is 2.23. The fourth-order valence-corrected chi connectivity index (χ4v) is 3.27. The molecule has 0 aliphatic carbocycles. The van der Waals surface area contributed by atoms with Gasteiger partial charge < -0.3 is 15.7 Å². The smallest absolute Gasteiger partial charge is 0.304 e. The van der Waals surface area contributed by atoms with Crippen LogP contribution in [0.15, 0.2) is 5.38 Å². The second kappa shape index (κ2) is 5.77. The molecule has 0 radical (unpaired) electrons. The summed E-state index contributed by atoms with van der Waals surface area (Å²) in [7, 11) is 2.12. The largest absolute Gasteiger partial charge is 0.481 e. The number of rotatable bonds is 5. The predicted octanol–water partition coefficient (Wildman–Crippen LogP) is 0.907. The van der Waals surface area contributed by atoms with Gasteiger partial charge in [-0.25, -0.2) is 4.98 Å². The van der Waals surface area contributed by atoms with E-state index in [2.05, 4.69) is 22.3 Å². The van der Waals surface area contributed by atoms with Crippen molar-refractivity contribution in [2.75, 3.05) is 20.1 Å². The summed E-state index contributed by atoms with van der Waals surface area (Å²) in [4.78, 5) is 17.4. The third-order valence-corrected chi connectivity index (χ3v) is 4.14. The van der Waals surface area contributed by atoms with Gasteiger partial charge in [0.2, 0.25) is 0 Å². The molecule has 1 aliphatic rings. The van der Waals surface area contributed by atoms with Crippen LogP contribution in [0.25, 0.3) is 0 Å². The maximum absolute atomic E-state index is 10.5. The Morgan fingerprint density at radius 2 is 2.56 bits per heavy atom. The minimum absolute atomic E-state index is 0.00107. The second-order valence-electron chi connectivity index (χ2n) is 4.98. The average molecular weight is 269 g/mol. The summed E-state index contributed by atoms with van der Waals surface area (Å²) in [6.07, 6.45) is 1.71. The van der Waals surface area contributed by atoms with E-state index in [0.29, 0.717) is 12.3 Å². The third kappa shape index (κ3) is 3.51. The minimum atomic E-state index is -0.850. The van der Waals surface area contributed by atoms with Crippen molar-refractivity contribution in [3.05, 3.63) is 16.1 Å². The Balaban J connectivity index is 1.91. The van der Waals surface area contributed by atoms with Gasteiger partial charge in [0.25, 0.3) is 0 Å². The summed E-state index contributed by atoms with van der Waals surface area (Å²) < 4.78 is 0. The summed E-state index contributed by atoms with van der Waals surface area (Å²) >= 11 is 1.59. The number of hydrogen-bond acceptors (Lipinski definition) is 5. The highest BCUT2D eigenvalue weighted by Crippen LogP contribution is 2.27. The maximum Gasteiger partial charge on any atom is 0.304 e. The van der Waals surface area contributed by atoms with Gasteiger partial charge in [0.05, 0.1) is 17.1 Å². The maximum atomic E-state index is 10.5. The Hall–Kier alpha value is -0.980. The molecule has 6 heteroatoms. The first-order valence-corrected chi connectivity index (χ1v) is 7.02. The molecule has 100 valence electrons. The van der Waals surface area contributed by atoms with Crippen LogP contribution in [0.4, 0.5) is 0 Å². The molecule has 1 aromatic rings. The van der Waals surface area contributed by atoms with Crippen molar-refractivity contribution in [1.82, 2.24) is 9.88 Å². The highest BCUT2D eigenvalue weighted by atomic mass is 32.1. The summed E-state index contributed by atoms with van der Waals surface area (Å²) in [6, 6.07) is -0.340. The van der Waals surface area contributed by atoms with Crippen molar-refractivity contribution < 1.29 is 9.90 Å². The highest BCUT2D eigenvalue weighted by molar-refractivity contribution is 7.09. The molecule has 1 aromatic heterocycles. The molecular formula is C12H19N3O2S. The molecule has 1 aliphatic heterocycles. The molecule has 1 fully saturated rings. The van der Waals surface area contributed by atoms with Gasteiger partial charge in [-0.1, -0.05) is 0 Å². The van der Waals surface area contributed by atoms with E-state index in [9.17, 15) is 4.79 Å². The normalized spacial score (nSPS) is 22.2. The van der Waals surface area contributed by atoms with Crippen LogP contribution < -0.4 is 5.73 Å². The molecule has 2 heterocycles. The molecule has 2 unspecified atom stereocenters. The van der Waals surface area contributed by atoms with Crippen LogP contribution in [-0.2, 0) is 11.2 Å². The van der Waals surface area contributed by atoms with Crippen LogP contribution in [-0.4, -0.2) is 47.1 Å². The molecule has 0 spiro atoms. The van der Waals surface area contributed by atoms with Crippen LogP contribution in [0.3, 0.4) is 0 Å². The minimum Gasteiger partial charge on any atom is -0.481 e. The van der Waals surface area contributed by atoms with E-state index in [4.69, 9.17) is 10.8 Å². The number of hydrogen-bond donors (Lipinski definition) is 2. The summed E-state index contributed by atoms with van der Waals surface area (Å²) in [5.41, 5.74) is 6.91. The quantitative estimate of drug-likeness (QED) is 0.830. The predicted molar refractivity (Wildman–Crippen MR) is 70.9 cm³/mol. The Bertz CT molecular complexity index is 421. The number of aromatic nitrogens is 1. The van der Waals surface area contributed by atoms with Crippen LogP contribution in [0.1, 0.15) is 29.5 Å². The van der Waals surface area contributed by atoms with Crippen molar-refractivity contribution in [3.8, 4) is 0 Å². The van der Waals surface area contributed by atoms with E-state index in [1.165, 1.54) is 0 Å². The zero-order chi connectivity index (χ0) is 13.1. The summed E-state index contributed by atoms with van der Waals surface area (Å²) in [6.45, 7) is 2.18. The Morgan fingerprint density at radius 1 is 1.78 bits per heavy atom. The molecule has 2 rings (SSSR count). The number of thiazole rings is 1. The lowest BCUT2D eigenvalue weighted by atomic mass is 10.1. The molecular weight excluding hydrogens is 250 g/mol. The van der Waals surface area contributed by atoms with Crippen molar-refractivity contribution >= 4 is 17.3 Å². The molecule has 5 nitrogen and oxygen atoms in total. The first-order valence-electron chi connectivity index (χ1n) is 6.15. The fourth-order valence-electron chi connectivity index (χ4n) is 2.30. The summed E-state index contributed by atoms with van der Waals surface area (Å²) in [5.74, 6) is -0.326. The zero-order valence-electron chi connectivity index (χ0n) is 10.5. The molecule has 1 saturated heterocycles. The SMILES string of the molecule is CN1CCC(c2csc(CC(N)CC(=O)O)n2)C1. The Labute approximate surface area is 111 Å². The molecule has 0 amide bonds. The number of likely N-dealkylation sites (N-methyl/N-ethyl adjacent to an activating group) is 1. The monoisotopic (exact) mass is 269 g/mol. The van der Waals surface area contributed by atoms with E-state index in [1.54, 1.807) is 11.3 Å². The van der Waals surface area contributed by atoms with Crippen LogP contribution >= 0.6 is 11.3 Å². The van der Waals surface area contributed by atoms with Gasteiger partial charge in [0.1, 0.15) is 0 Å². The van der Waals surface area contributed by atoms with Crippen molar-refractivity contribution in [1.29, 1.82) is 0 Å². The lowest BCUT2D eigenvalue weighted by Crippen LogP contribution is -2.26. The van der Waals surface area contributed by atoms with Crippen LogP contribution in [0.2, 0.25) is 0 Å². The molecule has 18 heavy (non-hydrogen) atoms. The lowest BCUT2D eigenvalue weighted by Gasteiger charge is -2.08. The first-order chi connectivity index (χ1) is 8.54. The number of carboxylic acid groups (broad SMARTS) is 1. The van der Waals surface area contributed by atoms with E-state index in [-0.39, 0.29) is 12.5 Å². The van der Waals surface area contributed by atoms with Crippen LogP contribution in [0.5, 0.6) is 0 Å². The third-order valence-electron chi connectivity index (χ3n) is 3.25. The van der Waals surface area contributed by atoms with Gasteiger partial charge in [-0.15, -0.1) is 11.3 Å². The van der Waals surface area contributed by atoms with Gasteiger partial charge in [-0.2, -0.15) is 0 Å². The van der Waals surface area contributed by atoms with Crippen LogP contribution in [0, 0.1) is 0 Å². The standard InChI is InChI=1S/C12H19N3O2S/c1-15-3-2-8(6-15)10-7-18-11(14-10)4-9(13)5-12(16)17/h7-9H,2-6,13H2,1H3,(H,16,17). The number of carbonyl (C=O) groups is 1. The number of aliphatic carboxylic acids is 1. The van der Waals surface area contributed by atoms with E-state index in [1.807, 2.05) is 0 Å². The molecule has 0 aromatic carbocycles. The van der Waals surface area contributed by atoms with Gasteiger partial charge in [-0.05, 0) is 20.0 Å². The molecule has 2 atom stereocenters. The van der Waals surface area contributed by atoms with Crippen molar-refractivity contribution in [2.45, 2.75) is 31.2 Å². The topological polar surface area (TPSA) is 79.5 Å². The first kappa shape index (κ1) is 13.5. The van der Waals surface area contributed by atoms with Gasteiger partial charge in [-0.3, -0.25) is 4.79 Å². The Morgan fingerprint density at radius 3 is 3.17 bits per heavy atom. The number of nitrogens with two attached hydrogens (primary N) is 1. The number of nitrogens with zero attached hydrogens (tertiary/aromatic N) is 2. The molecule has 0 bridgehead atoms. The van der Waals surface area contributed by atoms with E-state index >= 15 is 0 Å². The van der Waals surface area contributed by atoms with Gasteiger partial charge in [0, 0.05) is 30.3 Å². The molecule has 0 saturated carbocycles. The zero-order valence-corrected chi connectivity index (χ0v) is 11.3. The fraction of sp³-hybridized carbons (Fsp3) is 0.667. The average Bonchev–Trinajstić information content (AvgIpc) is 2.85.